The third-order valence-corrected chi connectivity index (χ3v) is 3.41. The Labute approximate surface area is 104 Å². The molecule has 1 aromatic carbocycles. The number of anilines is 1. The molecule has 0 spiro atoms. The lowest BCUT2D eigenvalue weighted by atomic mass is 10.2. The number of benzene rings is 1. The summed E-state index contributed by atoms with van der Waals surface area (Å²) < 4.78 is 26.6. The molecule has 0 aliphatic heterocycles. The van der Waals surface area contributed by atoms with Gasteiger partial charge in [-0.15, -0.1) is 0 Å². The average molecular weight is 304 g/mol. The van der Waals surface area contributed by atoms with Crippen molar-refractivity contribution < 1.29 is 8.78 Å². The summed E-state index contributed by atoms with van der Waals surface area (Å²) in [7, 11) is 0. The van der Waals surface area contributed by atoms with E-state index in [0.717, 1.165) is 11.6 Å². The van der Waals surface area contributed by atoms with Gasteiger partial charge in [0.2, 0.25) is 0 Å². The Kier molecular flexibility index (Phi) is 3.56. The van der Waals surface area contributed by atoms with Gasteiger partial charge >= 0.3 is 0 Å². The number of nitrogens with one attached hydrogen (secondary N) is 1. The van der Waals surface area contributed by atoms with E-state index in [2.05, 4.69) is 21.2 Å². The number of thiophene rings is 1. The lowest BCUT2D eigenvalue weighted by Gasteiger charge is -2.08. The standard InChI is InChI=1S/C11H8BrF2NS/c12-9-3-8(13)4-10(14)11(9)15-5-7-1-2-16-6-7/h1-4,6,15H,5H2. The lowest BCUT2D eigenvalue weighted by molar-refractivity contribution is 0.583. The van der Waals surface area contributed by atoms with Gasteiger partial charge < -0.3 is 5.32 Å². The van der Waals surface area contributed by atoms with Crippen LogP contribution in [0.15, 0.2) is 33.4 Å². The highest BCUT2D eigenvalue weighted by molar-refractivity contribution is 9.10. The zero-order valence-electron chi connectivity index (χ0n) is 8.14. The Morgan fingerprint density at radius 2 is 2.12 bits per heavy atom. The lowest BCUT2D eigenvalue weighted by Crippen LogP contribution is -2.01. The SMILES string of the molecule is Fc1cc(F)c(NCc2ccsc2)c(Br)c1. The molecule has 0 radical (unpaired) electrons. The van der Waals surface area contributed by atoms with E-state index in [9.17, 15) is 8.78 Å². The van der Waals surface area contributed by atoms with Gasteiger partial charge in [0.25, 0.3) is 0 Å². The first kappa shape index (κ1) is 11.5. The van der Waals surface area contributed by atoms with Crippen LogP contribution in [0.5, 0.6) is 0 Å². The van der Waals surface area contributed by atoms with Crippen LogP contribution in [-0.2, 0) is 6.54 Å². The summed E-state index contributed by atoms with van der Waals surface area (Å²) >= 11 is 4.70. The normalized spacial score (nSPS) is 10.4. The zero-order chi connectivity index (χ0) is 11.5. The van der Waals surface area contributed by atoms with E-state index in [1.165, 1.54) is 6.07 Å². The minimum atomic E-state index is -0.595. The minimum absolute atomic E-state index is 0.285. The molecule has 0 aliphatic carbocycles. The average Bonchev–Trinajstić information content (AvgIpc) is 2.68. The topological polar surface area (TPSA) is 12.0 Å². The van der Waals surface area contributed by atoms with Crippen molar-refractivity contribution >= 4 is 33.0 Å². The van der Waals surface area contributed by atoms with Crippen molar-refractivity contribution in [2.45, 2.75) is 6.54 Å². The van der Waals surface area contributed by atoms with Crippen molar-refractivity contribution in [3.63, 3.8) is 0 Å². The highest BCUT2D eigenvalue weighted by atomic mass is 79.9. The number of halogens is 3. The van der Waals surface area contributed by atoms with Gasteiger partial charge in [0.1, 0.15) is 11.6 Å². The molecule has 5 heteroatoms. The van der Waals surface area contributed by atoms with E-state index in [-0.39, 0.29) is 5.69 Å². The van der Waals surface area contributed by atoms with E-state index in [4.69, 9.17) is 0 Å². The summed E-state index contributed by atoms with van der Waals surface area (Å²) in [6.45, 7) is 0.519. The predicted molar refractivity (Wildman–Crippen MR) is 65.7 cm³/mol. The first-order valence-corrected chi connectivity index (χ1v) is 6.30. The van der Waals surface area contributed by atoms with Crippen LogP contribution in [-0.4, -0.2) is 0 Å². The number of hydrogen-bond acceptors (Lipinski definition) is 2. The van der Waals surface area contributed by atoms with Crippen LogP contribution in [0, 0.1) is 11.6 Å². The summed E-state index contributed by atoms with van der Waals surface area (Å²) in [4.78, 5) is 0. The summed E-state index contributed by atoms with van der Waals surface area (Å²) in [5.74, 6) is -1.19. The molecule has 0 saturated heterocycles. The summed E-state index contributed by atoms with van der Waals surface area (Å²) in [5, 5.41) is 6.85. The maximum atomic E-state index is 13.4. The summed E-state index contributed by atoms with van der Waals surface area (Å²) in [6.07, 6.45) is 0. The smallest absolute Gasteiger partial charge is 0.150 e. The second-order valence-electron chi connectivity index (χ2n) is 3.23. The van der Waals surface area contributed by atoms with Crippen LogP contribution in [0.4, 0.5) is 14.5 Å². The van der Waals surface area contributed by atoms with E-state index < -0.39 is 11.6 Å². The zero-order valence-corrected chi connectivity index (χ0v) is 10.5. The molecule has 0 aliphatic rings. The van der Waals surface area contributed by atoms with Crippen LogP contribution < -0.4 is 5.32 Å². The van der Waals surface area contributed by atoms with Crippen LogP contribution in [0.1, 0.15) is 5.56 Å². The molecule has 0 fully saturated rings. The Hall–Kier alpha value is -0.940. The molecule has 0 saturated carbocycles. The van der Waals surface area contributed by atoms with Gasteiger partial charge in [-0.3, -0.25) is 0 Å². The molecule has 1 aromatic heterocycles. The molecule has 0 bridgehead atoms. The Morgan fingerprint density at radius 3 is 2.75 bits per heavy atom. The molecule has 0 atom stereocenters. The fourth-order valence-corrected chi connectivity index (χ4v) is 2.51. The van der Waals surface area contributed by atoms with Gasteiger partial charge in [-0.1, -0.05) is 0 Å². The van der Waals surface area contributed by atoms with Crippen molar-refractivity contribution in [1.29, 1.82) is 0 Å². The molecule has 1 N–H and O–H groups in total. The quantitative estimate of drug-likeness (QED) is 0.886. The van der Waals surface area contributed by atoms with Gasteiger partial charge in [0.15, 0.2) is 0 Å². The van der Waals surface area contributed by atoms with Crippen LogP contribution in [0.25, 0.3) is 0 Å². The second-order valence-corrected chi connectivity index (χ2v) is 4.86. The molecular formula is C11H8BrF2NS. The van der Waals surface area contributed by atoms with Crippen LogP contribution >= 0.6 is 27.3 Å². The molecule has 0 unspecified atom stereocenters. The predicted octanol–water partition coefficient (Wildman–Crippen LogP) is 4.40. The molecule has 2 aromatic rings. The van der Waals surface area contributed by atoms with Gasteiger partial charge in [-0.05, 0) is 44.4 Å². The Balaban J connectivity index is 2.15. The maximum absolute atomic E-state index is 13.4. The second kappa shape index (κ2) is 4.93. The van der Waals surface area contributed by atoms with Crippen molar-refractivity contribution in [2.75, 3.05) is 5.32 Å². The van der Waals surface area contributed by atoms with Crippen molar-refractivity contribution in [3.05, 3.63) is 50.6 Å². The first-order valence-electron chi connectivity index (χ1n) is 4.56. The molecule has 1 heterocycles. The molecule has 0 amide bonds. The number of rotatable bonds is 3. The maximum Gasteiger partial charge on any atom is 0.150 e. The minimum Gasteiger partial charge on any atom is -0.378 e. The van der Waals surface area contributed by atoms with Crippen LogP contribution in [0.2, 0.25) is 0 Å². The van der Waals surface area contributed by atoms with Gasteiger partial charge in [0, 0.05) is 17.1 Å². The van der Waals surface area contributed by atoms with Crippen molar-refractivity contribution in [3.8, 4) is 0 Å². The fourth-order valence-electron chi connectivity index (χ4n) is 1.29. The van der Waals surface area contributed by atoms with Gasteiger partial charge in [-0.25, -0.2) is 8.78 Å². The summed E-state index contributed by atoms with van der Waals surface area (Å²) in [6, 6.07) is 4.05. The van der Waals surface area contributed by atoms with Gasteiger partial charge in [-0.2, -0.15) is 11.3 Å². The van der Waals surface area contributed by atoms with E-state index in [1.807, 2.05) is 16.8 Å². The van der Waals surface area contributed by atoms with E-state index in [1.54, 1.807) is 11.3 Å². The molecular weight excluding hydrogens is 296 g/mol. The fraction of sp³-hybridized carbons (Fsp3) is 0.0909. The molecule has 16 heavy (non-hydrogen) atoms. The van der Waals surface area contributed by atoms with E-state index >= 15 is 0 Å². The molecule has 84 valence electrons. The largest absolute Gasteiger partial charge is 0.378 e. The molecule has 1 nitrogen and oxygen atoms in total. The monoisotopic (exact) mass is 303 g/mol. The Bertz CT molecular complexity index is 462. The highest BCUT2D eigenvalue weighted by Crippen LogP contribution is 2.27. The van der Waals surface area contributed by atoms with Crippen molar-refractivity contribution in [2.24, 2.45) is 0 Å². The van der Waals surface area contributed by atoms with Crippen molar-refractivity contribution in [1.82, 2.24) is 0 Å². The summed E-state index contributed by atoms with van der Waals surface area (Å²) in [5.41, 5.74) is 1.35. The van der Waals surface area contributed by atoms with Gasteiger partial charge in [0.05, 0.1) is 5.69 Å². The number of hydrogen-bond donors (Lipinski definition) is 1. The Morgan fingerprint density at radius 1 is 1.31 bits per heavy atom. The molecule has 2 rings (SSSR count). The first-order chi connectivity index (χ1) is 7.66. The third kappa shape index (κ3) is 2.59. The van der Waals surface area contributed by atoms with Crippen LogP contribution in [0.3, 0.4) is 0 Å². The van der Waals surface area contributed by atoms with E-state index in [0.29, 0.717) is 11.0 Å². The highest BCUT2D eigenvalue weighted by Gasteiger charge is 2.09. The third-order valence-electron chi connectivity index (χ3n) is 2.06.